The van der Waals surface area contributed by atoms with Crippen LogP contribution >= 0.6 is 0 Å². The Hall–Kier alpha value is -3.81. The van der Waals surface area contributed by atoms with Crippen LogP contribution in [0.3, 0.4) is 0 Å². The zero-order valence-corrected chi connectivity index (χ0v) is 16.4. The highest BCUT2D eigenvalue weighted by atomic mass is 16.5. The topological polar surface area (TPSA) is 98.7 Å². The second-order valence-electron chi connectivity index (χ2n) is 6.72. The monoisotopic (exact) mass is 388 g/mol. The molecule has 0 bridgehead atoms. The van der Waals surface area contributed by atoms with Gasteiger partial charge in [0.1, 0.15) is 0 Å². The number of benzene rings is 1. The van der Waals surface area contributed by atoms with Crippen LogP contribution in [0.1, 0.15) is 33.0 Å². The SMILES string of the molecule is Cc1noc(-c2ccc(-n3ncc(C(=O)NCc4ccccc4C)c3C)nc2)n1. The largest absolute Gasteiger partial charge is 0.348 e. The van der Waals surface area contributed by atoms with E-state index in [9.17, 15) is 4.79 Å². The molecule has 0 aliphatic rings. The number of aromatic nitrogens is 5. The maximum Gasteiger partial charge on any atom is 0.259 e. The minimum absolute atomic E-state index is 0.171. The van der Waals surface area contributed by atoms with Crippen LogP contribution in [0.2, 0.25) is 0 Å². The Bertz CT molecular complexity index is 1160. The molecule has 0 radical (unpaired) electrons. The number of carbonyl (C=O) groups excluding carboxylic acids is 1. The molecule has 0 unspecified atom stereocenters. The van der Waals surface area contributed by atoms with Crippen molar-refractivity contribution in [1.29, 1.82) is 0 Å². The van der Waals surface area contributed by atoms with Gasteiger partial charge in [0.05, 0.1) is 23.0 Å². The van der Waals surface area contributed by atoms with Crippen LogP contribution < -0.4 is 5.32 Å². The molecule has 8 heteroatoms. The van der Waals surface area contributed by atoms with E-state index < -0.39 is 0 Å². The van der Waals surface area contributed by atoms with E-state index in [1.165, 1.54) is 0 Å². The van der Waals surface area contributed by atoms with Crippen molar-refractivity contribution in [3.63, 3.8) is 0 Å². The van der Waals surface area contributed by atoms with Gasteiger partial charge < -0.3 is 9.84 Å². The van der Waals surface area contributed by atoms with Crippen molar-refractivity contribution >= 4 is 5.91 Å². The van der Waals surface area contributed by atoms with Crippen LogP contribution in [0.25, 0.3) is 17.3 Å². The molecule has 4 aromatic rings. The average molecular weight is 388 g/mol. The van der Waals surface area contributed by atoms with E-state index in [2.05, 4.69) is 25.5 Å². The van der Waals surface area contributed by atoms with Crippen LogP contribution in [-0.2, 0) is 6.54 Å². The molecular weight excluding hydrogens is 368 g/mol. The number of nitrogens with one attached hydrogen (secondary N) is 1. The highest BCUT2D eigenvalue weighted by molar-refractivity contribution is 5.95. The van der Waals surface area contributed by atoms with E-state index in [0.717, 1.165) is 16.7 Å². The summed E-state index contributed by atoms with van der Waals surface area (Å²) in [4.78, 5) is 21.2. The molecule has 0 aliphatic carbocycles. The van der Waals surface area contributed by atoms with E-state index >= 15 is 0 Å². The van der Waals surface area contributed by atoms with Crippen LogP contribution in [0.5, 0.6) is 0 Å². The number of carbonyl (C=O) groups is 1. The molecule has 0 saturated heterocycles. The summed E-state index contributed by atoms with van der Waals surface area (Å²) in [6.07, 6.45) is 3.20. The van der Waals surface area contributed by atoms with Crippen molar-refractivity contribution < 1.29 is 9.32 Å². The molecule has 0 saturated carbocycles. The predicted octanol–water partition coefficient (Wildman–Crippen LogP) is 3.17. The van der Waals surface area contributed by atoms with Gasteiger partial charge in [-0.2, -0.15) is 10.1 Å². The summed E-state index contributed by atoms with van der Waals surface area (Å²) >= 11 is 0. The summed E-state index contributed by atoms with van der Waals surface area (Å²) in [5.74, 6) is 1.40. The number of rotatable bonds is 5. The molecule has 3 aromatic heterocycles. The van der Waals surface area contributed by atoms with Gasteiger partial charge in [-0.15, -0.1) is 0 Å². The number of amides is 1. The molecule has 1 N–H and O–H groups in total. The molecule has 4 rings (SSSR count). The van der Waals surface area contributed by atoms with Crippen LogP contribution in [0, 0.1) is 20.8 Å². The van der Waals surface area contributed by atoms with Crippen molar-refractivity contribution in [3.8, 4) is 17.3 Å². The van der Waals surface area contributed by atoms with Gasteiger partial charge in [0.2, 0.25) is 0 Å². The van der Waals surface area contributed by atoms with Crippen LogP contribution in [-0.4, -0.2) is 30.8 Å². The molecule has 146 valence electrons. The molecule has 0 atom stereocenters. The molecular formula is C21H20N6O2. The van der Waals surface area contributed by atoms with Gasteiger partial charge in [-0.25, -0.2) is 9.67 Å². The molecule has 3 heterocycles. The summed E-state index contributed by atoms with van der Waals surface area (Å²) < 4.78 is 6.78. The fourth-order valence-electron chi connectivity index (χ4n) is 2.99. The van der Waals surface area contributed by atoms with Gasteiger partial charge in [-0.05, 0) is 44.0 Å². The normalized spacial score (nSPS) is 10.9. The molecule has 29 heavy (non-hydrogen) atoms. The Morgan fingerprint density at radius 2 is 1.93 bits per heavy atom. The number of hydrogen-bond acceptors (Lipinski definition) is 6. The van der Waals surface area contributed by atoms with E-state index in [4.69, 9.17) is 4.52 Å². The van der Waals surface area contributed by atoms with Crippen LogP contribution in [0.4, 0.5) is 0 Å². The van der Waals surface area contributed by atoms with E-state index in [0.29, 0.717) is 35.3 Å². The highest BCUT2D eigenvalue weighted by Gasteiger charge is 2.16. The number of aryl methyl sites for hydroxylation is 2. The quantitative estimate of drug-likeness (QED) is 0.564. The first-order valence-electron chi connectivity index (χ1n) is 9.17. The van der Waals surface area contributed by atoms with Gasteiger partial charge in [-0.1, -0.05) is 29.4 Å². The van der Waals surface area contributed by atoms with Crippen molar-refractivity contribution in [2.75, 3.05) is 0 Å². The molecule has 0 spiro atoms. The van der Waals surface area contributed by atoms with Crippen molar-refractivity contribution in [2.24, 2.45) is 0 Å². The first-order valence-corrected chi connectivity index (χ1v) is 9.17. The smallest absolute Gasteiger partial charge is 0.259 e. The third kappa shape index (κ3) is 3.77. The van der Waals surface area contributed by atoms with Crippen molar-refractivity contribution in [2.45, 2.75) is 27.3 Å². The Kier molecular flexibility index (Phi) is 4.90. The molecule has 1 aromatic carbocycles. The van der Waals surface area contributed by atoms with E-state index in [1.807, 2.05) is 44.2 Å². The highest BCUT2D eigenvalue weighted by Crippen LogP contribution is 2.19. The Morgan fingerprint density at radius 3 is 2.62 bits per heavy atom. The second-order valence-corrected chi connectivity index (χ2v) is 6.72. The molecule has 0 aliphatic heterocycles. The Labute approximate surface area is 167 Å². The lowest BCUT2D eigenvalue weighted by atomic mass is 10.1. The number of nitrogens with zero attached hydrogens (tertiary/aromatic N) is 5. The second kappa shape index (κ2) is 7.67. The summed E-state index contributed by atoms with van der Waals surface area (Å²) in [6.45, 7) is 6.09. The van der Waals surface area contributed by atoms with Gasteiger partial charge in [0, 0.05) is 12.7 Å². The Morgan fingerprint density at radius 1 is 1.10 bits per heavy atom. The maximum atomic E-state index is 12.6. The lowest BCUT2D eigenvalue weighted by Gasteiger charge is -2.08. The summed E-state index contributed by atoms with van der Waals surface area (Å²) in [7, 11) is 0. The first kappa shape index (κ1) is 18.5. The third-order valence-electron chi connectivity index (χ3n) is 4.69. The van der Waals surface area contributed by atoms with E-state index in [-0.39, 0.29) is 5.91 Å². The standard InChI is InChI=1S/C21H20N6O2/c1-13-6-4-5-7-16(13)10-23-20(28)18-12-24-27(14(18)2)19-9-8-17(11-22-19)21-25-15(3)26-29-21/h4-9,11-12H,10H2,1-3H3,(H,23,28). The molecule has 8 nitrogen and oxygen atoms in total. The van der Waals surface area contributed by atoms with Gasteiger partial charge in [0.15, 0.2) is 11.6 Å². The summed E-state index contributed by atoms with van der Waals surface area (Å²) in [5.41, 5.74) is 4.16. The Balaban J connectivity index is 1.50. The van der Waals surface area contributed by atoms with Crippen molar-refractivity contribution in [3.05, 3.63) is 77.0 Å². The lowest BCUT2D eigenvalue weighted by molar-refractivity contribution is 0.0950. The van der Waals surface area contributed by atoms with Gasteiger partial charge in [0.25, 0.3) is 11.8 Å². The summed E-state index contributed by atoms with van der Waals surface area (Å²) in [5, 5.41) is 11.1. The zero-order chi connectivity index (χ0) is 20.4. The van der Waals surface area contributed by atoms with Gasteiger partial charge in [-0.3, -0.25) is 4.79 Å². The number of hydrogen-bond donors (Lipinski definition) is 1. The molecule has 0 fully saturated rings. The third-order valence-corrected chi connectivity index (χ3v) is 4.69. The fourth-order valence-corrected chi connectivity index (χ4v) is 2.99. The zero-order valence-electron chi connectivity index (χ0n) is 16.4. The summed E-state index contributed by atoms with van der Waals surface area (Å²) in [6, 6.07) is 11.6. The number of pyridine rings is 1. The lowest BCUT2D eigenvalue weighted by Crippen LogP contribution is -2.23. The average Bonchev–Trinajstić information content (AvgIpc) is 3.33. The first-order chi connectivity index (χ1) is 14.0. The molecule has 1 amide bonds. The minimum Gasteiger partial charge on any atom is -0.348 e. The van der Waals surface area contributed by atoms with Gasteiger partial charge >= 0.3 is 0 Å². The minimum atomic E-state index is -0.171. The van der Waals surface area contributed by atoms with Crippen molar-refractivity contribution in [1.82, 2.24) is 30.2 Å². The van der Waals surface area contributed by atoms with Crippen LogP contribution in [0.15, 0.2) is 53.3 Å². The fraction of sp³-hybridized carbons (Fsp3) is 0.190. The van der Waals surface area contributed by atoms with E-state index in [1.54, 1.807) is 30.1 Å². The maximum absolute atomic E-state index is 12.6. The predicted molar refractivity (Wildman–Crippen MR) is 106 cm³/mol.